The van der Waals surface area contributed by atoms with E-state index in [1.165, 1.54) is 0 Å². The van der Waals surface area contributed by atoms with E-state index in [-0.39, 0.29) is 5.56 Å². The molecule has 0 spiro atoms. The molecule has 86 valence electrons. The highest BCUT2D eigenvalue weighted by Gasteiger charge is 2.29. The van der Waals surface area contributed by atoms with Gasteiger partial charge in [0.15, 0.2) is 11.6 Å². The Morgan fingerprint density at radius 2 is 2.00 bits per heavy atom. The van der Waals surface area contributed by atoms with E-state index in [9.17, 15) is 4.79 Å². The highest BCUT2D eigenvalue weighted by Crippen LogP contribution is 2.41. The van der Waals surface area contributed by atoms with E-state index in [4.69, 9.17) is 0 Å². The van der Waals surface area contributed by atoms with Crippen LogP contribution < -0.4 is 5.56 Å². The Labute approximate surface area is 105 Å². The summed E-state index contributed by atoms with van der Waals surface area (Å²) in [6, 6.07) is 1.72. The van der Waals surface area contributed by atoms with Crippen LogP contribution in [0.5, 0.6) is 0 Å². The largest absolute Gasteiger partial charge is 0.303 e. The van der Waals surface area contributed by atoms with Crippen LogP contribution in [0.1, 0.15) is 24.5 Å². The van der Waals surface area contributed by atoms with Crippen molar-refractivity contribution in [3.05, 3.63) is 39.0 Å². The third-order valence-electron chi connectivity index (χ3n) is 2.63. The molecule has 1 N–H and O–H groups in total. The van der Waals surface area contributed by atoms with Crippen LogP contribution in [0, 0.1) is 0 Å². The predicted octanol–water partition coefficient (Wildman–Crippen LogP) is 1.87. The number of H-pyrrole nitrogens is 1. The van der Waals surface area contributed by atoms with Gasteiger partial charge in [0.1, 0.15) is 4.47 Å². The van der Waals surface area contributed by atoms with Crippen molar-refractivity contribution in [2.45, 2.75) is 18.8 Å². The van der Waals surface area contributed by atoms with Gasteiger partial charge in [-0.2, -0.15) is 0 Å². The summed E-state index contributed by atoms with van der Waals surface area (Å²) in [7, 11) is 0. The Morgan fingerprint density at radius 1 is 1.29 bits per heavy atom. The fraction of sp³-hybridized carbons (Fsp3) is 0.273. The zero-order valence-electron chi connectivity index (χ0n) is 8.85. The molecule has 1 fully saturated rings. The minimum atomic E-state index is -0.177. The lowest BCUT2D eigenvalue weighted by Crippen LogP contribution is -2.14. The van der Waals surface area contributed by atoms with Crippen LogP contribution in [0.2, 0.25) is 0 Å². The number of halogens is 1. The molecule has 0 aromatic carbocycles. The molecule has 2 heterocycles. The number of aromatic amines is 1. The SMILES string of the molecule is O=c1[nH]c(-c2ncccn2)nc(C2CC2)c1Br. The molecule has 3 rings (SSSR count). The molecule has 1 saturated carbocycles. The molecule has 1 aliphatic rings. The highest BCUT2D eigenvalue weighted by atomic mass is 79.9. The van der Waals surface area contributed by atoms with E-state index in [1.807, 2.05) is 0 Å². The molecule has 2 aromatic heterocycles. The van der Waals surface area contributed by atoms with Gasteiger partial charge in [-0.3, -0.25) is 4.79 Å². The molecule has 2 aromatic rings. The maximum absolute atomic E-state index is 11.8. The third kappa shape index (κ3) is 2.00. The van der Waals surface area contributed by atoms with E-state index in [2.05, 4.69) is 35.9 Å². The minimum absolute atomic E-state index is 0.177. The summed E-state index contributed by atoms with van der Waals surface area (Å²) in [5.41, 5.74) is 0.639. The van der Waals surface area contributed by atoms with Gasteiger partial charge in [-0.1, -0.05) is 0 Å². The molecule has 0 aliphatic heterocycles. The Morgan fingerprint density at radius 3 is 2.65 bits per heavy atom. The summed E-state index contributed by atoms with van der Waals surface area (Å²) in [6.07, 6.45) is 5.43. The maximum Gasteiger partial charge on any atom is 0.265 e. The zero-order valence-corrected chi connectivity index (χ0v) is 10.4. The second-order valence-corrected chi connectivity index (χ2v) is 4.75. The third-order valence-corrected chi connectivity index (χ3v) is 3.40. The number of hydrogen-bond acceptors (Lipinski definition) is 4. The molecule has 0 unspecified atom stereocenters. The van der Waals surface area contributed by atoms with Crippen molar-refractivity contribution in [3.8, 4) is 11.6 Å². The molecular weight excluding hydrogens is 284 g/mol. The molecule has 6 heteroatoms. The number of nitrogens with one attached hydrogen (secondary N) is 1. The molecule has 17 heavy (non-hydrogen) atoms. The lowest BCUT2D eigenvalue weighted by molar-refractivity contribution is 0.943. The van der Waals surface area contributed by atoms with Crippen LogP contribution in [0.25, 0.3) is 11.6 Å². The number of rotatable bonds is 2. The normalized spacial score (nSPS) is 14.9. The van der Waals surface area contributed by atoms with E-state index >= 15 is 0 Å². The second kappa shape index (κ2) is 4.03. The molecule has 0 amide bonds. The standard InChI is InChI=1S/C11H9BrN4O/c12-7-8(6-2-3-6)15-10(16-11(7)17)9-13-4-1-5-14-9/h1,4-6H,2-3H2,(H,15,16,17). The van der Waals surface area contributed by atoms with Gasteiger partial charge in [0.25, 0.3) is 5.56 Å². The number of aromatic nitrogens is 4. The van der Waals surface area contributed by atoms with Crippen LogP contribution in [0.15, 0.2) is 27.7 Å². The monoisotopic (exact) mass is 292 g/mol. The predicted molar refractivity (Wildman–Crippen MR) is 65.6 cm³/mol. The highest BCUT2D eigenvalue weighted by molar-refractivity contribution is 9.10. The van der Waals surface area contributed by atoms with Crippen LogP contribution >= 0.6 is 15.9 Å². The van der Waals surface area contributed by atoms with Gasteiger partial charge in [0.2, 0.25) is 0 Å². The quantitative estimate of drug-likeness (QED) is 0.917. The van der Waals surface area contributed by atoms with Crippen molar-refractivity contribution in [2.75, 3.05) is 0 Å². The molecule has 5 nitrogen and oxygen atoms in total. The zero-order chi connectivity index (χ0) is 11.8. The summed E-state index contributed by atoms with van der Waals surface area (Å²) in [5, 5.41) is 0. The lowest BCUT2D eigenvalue weighted by Gasteiger charge is -2.04. The summed E-state index contributed by atoms with van der Waals surface area (Å²) in [6.45, 7) is 0. The Hall–Kier alpha value is -1.56. The molecule has 1 aliphatic carbocycles. The van der Waals surface area contributed by atoms with Gasteiger partial charge in [0.05, 0.1) is 5.69 Å². The first-order chi connectivity index (χ1) is 8.25. The maximum atomic E-state index is 11.8. The average Bonchev–Trinajstić information content (AvgIpc) is 3.18. The van der Waals surface area contributed by atoms with Gasteiger partial charge < -0.3 is 4.98 Å². The first-order valence-corrected chi connectivity index (χ1v) is 6.12. The molecule has 0 radical (unpaired) electrons. The number of hydrogen-bond donors (Lipinski definition) is 1. The Balaban J connectivity index is 2.15. The summed E-state index contributed by atoms with van der Waals surface area (Å²) in [4.78, 5) is 27.0. The van der Waals surface area contributed by atoms with Crippen LogP contribution in [-0.2, 0) is 0 Å². The summed E-state index contributed by atoms with van der Waals surface area (Å²) < 4.78 is 0.527. The van der Waals surface area contributed by atoms with Crippen molar-refractivity contribution in [1.29, 1.82) is 0 Å². The van der Waals surface area contributed by atoms with Crippen molar-refractivity contribution in [2.24, 2.45) is 0 Å². The molecule has 0 bridgehead atoms. The van der Waals surface area contributed by atoms with Crippen LogP contribution in [0.4, 0.5) is 0 Å². The number of nitrogens with zero attached hydrogens (tertiary/aromatic N) is 3. The fourth-order valence-electron chi connectivity index (χ4n) is 1.63. The topological polar surface area (TPSA) is 71.5 Å². The fourth-order valence-corrected chi connectivity index (χ4v) is 2.14. The van der Waals surface area contributed by atoms with Crippen molar-refractivity contribution in [1.82, 2.24) is 19.9 Å². The van der Waals surface area contributed by atoms with E-state index in [0.717, 1.165) is 18.5 Å². The first-order valence-electron chi connectivity index (χ1n) is 5.33. The molecule has 0 saturated heterocycles. The summed E-state index contributed by atoms with van der Waals surface area (Å²) in [5.74, 6) is 1.27. The van der Waals surface area contributed by atoms with Crippen molar-refractivity contribution < 1.29 is 0 Å². The van der Waals surface area contributed by atoms with Gasteiger partial charge in [-0.05, 0) is 34.8 Å². The average molecular weight is 293 g/mol. The van der Waals surface area contributed by atoms with Crippen molar-refractivity contribution >= 4 is 15.9 Å². The van der Waals surface area contributed by atoms with Gasteiger partial charge >= 0.3 is 0 Å². The van der Waals surface area contributed by atoms with Gasteiger partial charge in [-0.15, -0.1) is 0 Å². The van der Waals surface area contributed by atoms with Crippen molar-refractivity contribution in [3.63, 3.8) is 0 Å². The van der Waals surface area contributed by atoms with E-state index in [1.54, 1.807) is 18.5 Å². The van der Waals surface area contributed by atoms with Gasteiger partial charge in [0, 0.05) is 18.3 Å². The first kappa shape index (κ1) is 10.6. The summed E-state index contributed by atoms with van der Waals surface area (Å²) >= 11 is 3.28. The molecular formula is C11H9BrN4O. The minimum Gasteiger partial charge on any atom is -0.303 e. The van der Waals surface area contributed by atoms with Crippen LogP contribution in [0.3, 0.4) is 0 Å². The Kier molecular flexibility index (Phi) is 2.51. The lowest BCUT2D eigenvalue weighted by atomic mass is 10.3. The van der Waals surface area contributed by atoms with Gasteiger partial charge in [-0.25, -0.2) is 15.0 Å². The smallest absolute Gasteiger partial charge is 0.265 e. The van der Waals surface area contributed by atoms with E-state index in [0.29, 0.717) is 22.0 Å². The van der Waals surface area contributed by atoms with Crippen LogP contribution in [-0.4, -0.2) is 19.9 Å². The molecule has 0 atom stereocenters. The Bertz CT molecular complexity index is 607. The second-order valence-electron chi connectivity index (χ2n) is 3.96. The van der Waals surface area contributed by atoms with E-state index < -0.39 is 0 Å².